The van der Waals surface area contributed by atoms with Crippen molar-refractivity contribution in [2.75, 3.05) is 6.54 Å². The van der Waals surface area contributed by atoms with Gasteiger partial charge >= 0.3 is 16.3 Å². The summed E-state index contributed by atoms with van der Waals surface area (Å²) in [5.74, 6) is -2.18. The zero-order valence-electron chi connectivity index (χ0n) is 21.7. The quantitative estimate of drug-likeness (QED) is 0.369. The van der Waals surface area contributed by atoms with Gasteiger partial charge in [0.25, 0.3) is 11.8 Å². The second-order valence-electron chi connectivity index (χ2n) is 10.8. The monoisotopic (exact) mass is 553 g/mol. The number of primary amides is 1. The topological polar surface area (TPSA) is 177 Å². The number of allylic oxidation sites excluding steroid dienone is 1. The number of hydrogen-bond donors (Lipinski definition) is 4. The molecule has 2 aliphatic heterocycles. The van der Waals surface area contributed by atoms with E-state index in [1.165, 1.54) is 4.90 Å². The Labute approximate surface area is 223 Å². The lowest BCUT2D eigenvalue weighted by molar-refractivity contribution is -0.146. The van der Waals surface area contributed by atoms with Crippen molar-refractivity contribution in [1.29, 1.82) is 0 Å². The van der Waals surface area contributed by atoms with E-state index in [0.29, 0.717) is 51.5 Å². The Balaban J connectivity index is 1.52. The first-order valence-electron chi connectivity index (χ1n) is 13.7. The molecule has 13 heteroatoms. The molecule has 3 fully saturated rings. The molecule has 2 heterocycles. The highest BCUT2D eigenvalue weighted by Gasteiger charge is 2.61. The molecular weight excluding hydrogens is 514 g/mol. The van der Waals surface area contributed by atoms with Gasteiger partial charge in [0.15, 0.2) is 6.10 Å². The third-order valence-electron chi connectivity index (χ3n) is 8.00. The predicted octanol–water partition coefficient (Wildman–Crippen LogP) is 1.12. The number of carbonyl (C=O) groups excluding carboxylic acids is 4. The van der Waals surface area contributed by atoms with Crippen LogP contribution >= 0.6 is 0 Å². The van der Waals surface area contributed by atoms with E-state index < -0.39 is 51.7 Å². The number of amides is 4. The van der Waals surface area contributed by atoms with Crippen LogP contribution in [0.5, 0.6) is 0 Å². The van der Waals surface area contributed by atoms with E-state index in [-0.39, 0.29) is 18.4 Å². The maximum absolute atomic E-state index is 13.4. The van der Waals surface area contributed by atoms with Gasteiger partial charge in [0.1, 0.15) is 11.6 Å². The van der Waals surface area contributed by atoms with Crippen molar-refractivity contribution in [2.24, 2.45) is 11.7 Å². The van der Waals surface area contributed by atoms with Gasteiger partial charge in [-0.25, -0.2) is 9.52 Å². The summed E-state index contributed by atoms with van der Waals surface area (Å²) in [5.41, 5.74) is 3.78. The highest BCUT2D eigenvalue weighted by Crippen LogP contribution is 2.45. The highest BCUT2D eigenvalue weighted by molar-refractivity contribution is 7.88. The molecule has 4 amide bonds. The predicted molar refractivity (Wildman–Crippen MR) is 137 cm³/mol. The first-order chi connectivity index (χ1) is 18.1. The lowest BCUT2D eigenvalue weighted by atomic mass is 9.96. The SMILES string of the molecule is NC(=O)OC1CCCCC/C=C/C2CC2(C(=O)NS(=O)(=O)NC2CCCCC2)NC(=O)C2CCCN2C1=O. The minimum atomic E-state index is -4.12. The zero-order chi connectivity index (χ0) is 27.3. The molecule has 38 heavy (non-hydrogen) atoms. The van der Waals surface area contributed by atoms with Crippen molar-refractivity contribution in [3.63, 3.8) is 0 Å². The number of hydrogen-bond acceptors (Lipinski definition) is 7. The average Bonchev–Trinajstić information content (AvgIpc) is 3.32. The van der Waals surface area contributed by atoms with Crippen LogP contribution in [0.4, 0.5) is 4.79 Å². The van der Waals surface area contributed by atoms with Gasteiger partial charge < -0.3 is 20.7 Å². The van der Waals surface area contributed by atoms with Crippen molar-refractivity contribution >= 4 is 34.0 Å². The number of fused-ring (bicyclic) bond motifs is 2. The van der Waals surface area contributed by atoms with E-state index in [4.69, 9.17) is 10.5 Å². The first kappa shape index (κ1) is 28.3. The molecule has 0 spiro atoms. The summed E-state index contributed by atoms with van der Waals surface area (Å²) in [6.07, 6.45) is 10.5. The molecule has 12 nitrogen and oxygen atoms in total. The maximum Gasteiger partial charge on any atom is 0.405 e. The lowest BCUT2D eigenvalue weighted by Gasteiger charge is -2.29. The minimum absolute atomic E-state index is 0.224. The number of nitrogens with two attached hydrogens (primary N) is 1. The maximum atomic E-state index is 13.4. The van der Waals surface area contributed by atoms with E-state index in [9.17, 15) is 27.6 Å². The molecule has 2 aliphatic carbocycles. The van der Waals surface area contributed by atoms with Crippen LogP contribution in [0.15, 0.2) is 12.2 Å². The normalized spacial score (nSPS) is 32.1. The number of carbonyl (C=O) groups is 4. The Bertz CT molecular complexity index is 1060. The smallest absolute Gasteiger partial charge is 0.405 e. The molecule has 0 aromatic carbocycles. The Kier molecular flexibility index (Phi) is 8.96. The van der Waals surface area contributed by atoms with Crippen LogP contribution in [0, 0.1) is 5.92 Å². The fourth-order valence-corrected chi connectivity index (χ4v) is 7.02. The van der Waals surface area contributed by atoms with Crippen LogP contribution in [0.25, 0.3) is 0 Å². The van der Waals surface area contributed by atoms with Crippen LogP contribution in [-0.4, -0.2) is 67.4 Å². The zero-order valence-corrected chi connectivity index (χ0v) is 22.5. The third kappa shape index (κ3) is 6.85. The molecule has 0 aromatic rings. The molecule has 0 bridgehead atoms. The van der Waals surface area contributed by atoms with Gasteiger partial charge in [-0.2, -0.15) is 13.1 Å². The number of ether oxygens (including phenoxy) is 1. The Hall–Kier alpha value is -2.67. The van der Waals surface area contributed by atoms with E-state index in [0.717, 1.165) is 32.1 Å². The summed E-state index contributed by atoms with van der Waals surface area (Å²) >= 11 is 0. The van der Waals surface area contributed by atoms with Gasteiger partial charge in [-0.05, 0) is 57.8 Å². The summed E-state index contributed by atoms with van der Waals surface area (Å²) in [4.78, 5) is 52.9. The molecule has 4 rings (SSSR count). The fraction of sp³-hybridized carbons (Fsp3) is 0.760. The van der Waals surface area contributed by atoms with Crippen molar-refractivity contribution in [1.82, 2.24) is 19.7 Å². The van der Waals surface area contributed by atoms with Gasteiger partial charge in [-0.3, -0.25) is 14.4 Å². The van der Waals surface area contributed by atoms with Crippen LogP contribution in [-0.2, 0) is 29.3 Å². The molecule has 5 N–H and O–H groups in total. The molecule has 4 atom stereocenters. The van der Waals surface area contributed by atoms with Crippen molar-refractivity contribution in [2.45, 2.75) is 107 Å². The molecule has 4 unspecified atom stereocenters. The highest BCUT2D eigenvalue weighted by atomic mass is 32.2. The summed E-state index contributed by atoms with van der Waals surface area (Å²) in [6, 6.07) is -1.09. The average molecular weight is 554 g/mol. The van der Waals surface area contributed by atoms with Gasteiger partial charge in [-0.15, -0.1) is 0 Å². The number of nitrogens with one attached hydrogen (secondary N) is 3. The number of nitrogens with zero attached hydrogens (tertiary/aromatic N) is 1. The summed E-state index contributed by atoms with van der Waals surface area (Å²) in [7, 11) is -4.12. The van der Waals surface area contributed by atoms with Crippen LogP contribution in [0.3, 0.4) is 0 Å². The van der Waals surface area contributed by atoms with Crippen LogP contribution < -0.4 is 20.5 Å². The molecule has 0 radical (unpaired) electrons. The summed E-state index contributed by atoms with van der Waals surface area (Å²) in [5, 5.41) is 2.79. The standard InChI is InChI=1S/C25H39N5O7S/c26-24(34)37-20-14-8-3-1-2-5-10-17-16-25(17,27-21(31)19-13-9-15-30(19)22(20)32)23(33)29-38(35,36)28-18-11-6-4-7-12-18/h5,10,17-20,28H,1-4,6-9,11-16H2,(H2,26,34)(H,27,31)(H,29,33)/b10-5+. The van der Waals surface area contributed by atoms with Crippen LogP contribution in [0.2, 0.25) is 0 Å². The van der Waals surface area contributed by atoms with Crippen LogP contribution in [0.1, 0.15) is 83.5 Å². The van der Waals surface area contributed by atoms with Crippen molar-refractivity contribution in [3.05, 3.63) is 12.2 Å². The third-order valence-corrected chi connectivity index (χ3v) is 9.10. The minimum Gasteiger partial charge on any atom is -0.436 e. The number of rotatable bonds is 5. The van der Waals surface area contributed by atoms with Gasteiger partial charge in [-0.1, -0.05) is 37.8 Å². The fourth-order valence-electron chi connectivity index (χ4n) is 5.86. The molecule has 0 aromatic heterocycles. The van der Waals surface area contributed by atoms with Gasteiger partial charge in [0, 0.05) is 18.5 Å². The Morgan fingerprint density at radius 2 is 1.74 bits per heavy atom. The summed E-state index contributed by atoms with van der Waals surface area (Å²) < 4.78 is 35.3. The van der Waals surface area contributed by atoms with E-state index in [1.807, 2.05) is 12.2 Å². The molecule has 1 saturated heterocycles. The van der Waals surface area contributed by atoms with Crippen molar-refractivity contribution in [3.8, 4) is 0 Å². The van der Waals surface area contributed by atoms with E-state index in [2.05, 4.69) is 14.8 Å². The Morgan fingerprint density at radius 3 is 2.47 bits per heavy atom. The van der Waals surface area contributed by atoms with Gasteiger partial charge in [0.05, 0.1) is 0 Å². The van der Waals surface area contributed by atoms with Gasteiger partial charge in [0.2, 0.25) is 5.91 Å². The molecule has 2 saturated carbocycles. The lowest BCUT2D eigenvalue weighted by Crippen LogP contribution is -2.58. The summed E-state index contributed by atoms with van der Waals surface area (Å²) in [6.45, 7) is 0.303. The first-order valence-corrected chi connectivity index (χ1v) is 15.2. The van der Waals surface area contributed by atoms with E-state index in [1.54, 1.807) is 0 Å². The van der Waals surface area contributed by atoms with Crippen molar-refractivity contribution < 1.29 is 32.3 Å². The largest absolute Gasteiger partial charge is 0.436 e. The second-order valence-corrected chi connectivity index (χ2v) is 12.3. The second kappa shape index (κ2) is 12.0. The molecule has 212 valence electrons. The molecular formula is C25H39N5O7S. The Morgan fingerprint density at radius 1 is 1.03 bits per heavy atom. The molecule has 4 aliphatic rings. The van der Waals surface area contributed by atoms with E-state index >= 15 is 0 Å².